The van der Waals surface area contributed by atoms with Crippen LogP contribution in [0.3, 0.4) is 0 Å². The molecule has 0 aromatic heterocycles. The average molecular weight is 377 g/mol. The first-order valence-corrected chi connectivity index (χ1v) is 9.59. The summed E-state index contributed by atoms with van der Waals surface area (Å²) in [6.45, 7) is 2.18. The normalized spacial score (nSPS) is 13.1. The molecule has 1 heterocycles. The molecule has 138 valence electrons. The molecule has 26 heavy (non-hydrogen) atoms. The second-order valence-corrected chi connectivity index (χ2v) is 7.32. The fourth-order valence-electron chi connectivity index (χ4n) is 2.54. The van der Waals surface area contributed by atoms with Crippen molar-refractivity contribution in [2.45, 2.75) is 11.8 Å². The number of hydrogen-bond acceptors (Lipinski definition) is 6. The standard InChI is InChI=1S/C18H19NO6S/c1-2-23-18(20)13-19(14-6-4-3-5-7-14)26(21,22)15-8-9-16-17(12-15)25-11-10-24-16/h3-9,12H,2,10-11,13H2,1H3. The van der Waals surface area contributed by atoms with Gasteiger partial charge >= 0.3 is 5.97 Å². The number of rotatable bonds is 6. The number of benzene rings is 2. The topological polar surface area (TPSA) is 82.1 Å². The maximum absolute atomic E-state index is 13.2. The van der Waals surface area contributed by atoms with Crippen LogP contribution in [0.2, 0.25) is 0 Å². The molecule has 0 radical (unpaired) electrons. The molecule has 0 spiro atoms. The van der Waals surface area contributed by atoms with Crippen LogP contribution in [0.4, 0.5) is 5.69 Å². The van der Waals surface area contributed by atoms with E-state index in [1.807, 2.05) is 0 Å². The van der Waals surface area contributed by atoms with Crippen LogP contribution in [0.25, 0.3) is 0 Å². The summed E-state index contributed by atoms with van der Waals surface area (Å²) in [6, 6.07) is 12.8. The molecule has 0 aliphatic carbocycles. The number of carbonyl (C=O) groups is 1. The minimum atomic E-state index is -4.00. The molecular weight excluding hydrogens is 358 g/mol. The smallest absolute Gasteiger partial charge is 0.326 e. The van der Waals surface area contributed by atoms with Crippen molar-refractivity contribution in [1.29, 1.82) is 0 Å². The second-order valence-electron chi connectivity index (χ2n) is 5.46. The molecule has 0 N–H and O–H groups in total. The van der Waals surface area contributed by atoms with Gasteiger partial charge in [-0.25, -0.2) is 8.42 Å². The number of para-hydroxylation sites is 1. The van der Waals surface area contributed by atoms with E-state index < -0.39 is 22.5 Å². The molecule has 3 rings (SSSR count). The van der Waals surface area contributed by atoms with Crippen LogP contribution in [-0.2, 0) is 19.6 Å². The number of esters is 1. The summed E-state index contributed by atoms with van der Waals surface area (Å²) >= 11 is 0. The van der Waals surface area contributed by atoms with E-state index in [9.17, 15) is 13.2 Å². The van der Waals surface area contributed by atoms with Crippen molar-refractivity contribution in [2.75, 3.05) is 30.7 Å². The van der Waals surface area contributed by atoms with Crippen LogP contribution in [0, 0.1) is 0 Å². The van der Waals surface area contributed by atoms with Gasteiger partial charge in [0.15, 0.2) is 11.5 Å². The number of ether oxygens (including phenoxy) is 3. The van der Waals surface area contributed by atoms with Gasteiger partial charge in [0.1, 0.15) is 19.8 Å². The SMILES string of the molecule is CCOC(=O)CN(c1ccccc1)S(=O)(=O)c1ccc2c(c1)OCCO2. The summed E-state index contributed by atoms with van der Waals surface area (Å²) in [4.78, 5) is 12.0. The highest BCUT2D eigenvalue weighted by molar-refractivity contribution is 7.92. The molecule has 0 saturated carbocycles. The van der Waals surface area contributed by atoms with E-state index in [4.69, 9.17) is 14.2 Å². The summed E-state index contributed by atoms with van der Waals surface area (Å²) in [5, 5.41) is 0. The molecule has 0 fully saturated rings. The van der Waals surface area contributed by atoms with E-state index in [2.05, 4.69) is 0 Å². The first kappa shape index (κ1) is 18.1. The molecular formula is C18H19NO6S. The lowest BCUT2D eigenvalue weighted by molar-refractivity contribution is -0.141. The fourth-order valence-corrected chi connectivity index (χ4v) is 3.97. The van der Waals surface area contributed by atoms with Gasteiger partial charge in [0.25, 0.3) is 10.0 Å². The molecule has 0 bridgehead atoms. The maximum Gasteiger partial charge on any atom is 0.326 e. The second kappa shape index (κ2) is 7.65. The van der Waals surface area contributed by atoms with Crippen molar-refractivity contribution in [2.24, 2.45) is 0 Å². The van der Waals surface area contributed by atoms with Gasteiger partial charge in [-0.3, -0.25) is 9.10 Å². The Balaban J connectivity index is 2.00. The Bertz CT molecular complexity index is 882. The first-order valence-electron chi connectivity index (χ1n) is 8.15. The minimum absolute atomic E-state index is 0.00917. The highest BCUT2D eigenvalue weighted by Gasteiger charge is 2.29. The zero-order chi connectivity index (χ0) is 18.6. The van der Waals surface area contributed by atoms with Crippen LogP contribution in [0.15, 0.2) is 53.4 Å². The van der Waals surface area contributed by atoms with E-state index in [1.54, 1.807) is 43.3 Å². The number of anilines is 1. The van der Waals surface area contributed by atoms with Gasteiger partial charge in [-0.1, -0.05) is 18.2 Å². The van der Waals surface area contributed by atoms with Crippen LogP contribution in [-0.4, -0.2) is 40.8 Å². The van der Waals surface area contributed by atoms with Gasteiger partial charge in [-0.2, -0.15) is 0 Å². The predicted octanol–water partition coefficient (Wildman–Crippen LogP) is 2.22. The van der Waals surface area contributed by atoms with Gasteiger partial charge in [0.05, 0.1) is 17.2 Å². The number of sulfonamides is 1. The largest absolute Gasteiger partial charge is 0.486 e. The molecule has 8 heteroatoms. The summed E-state index contributed by atoms with van der Waals surface area (Å²) < 4.78 is 43.2. The lowest BCUT2D eigenvalue weighted by Gasteiger charge is -2.25. The van der Waals surface area contributed by atoms with Crippen molar-refractivity contribution in [3.63, 3.8) is 0 Å². The number of hydrogen-bond donors (Lipinski definition) is 0. The van der Waals surface area contributed by atoms with E-state index in [0.29, 0.717) is 30.4 Å². The third-order valence-corrected chi connectivity index (χ3v) is 5.49. The van der Waals surface area contributed by atoms with Crippen molar-refractivity contribution >= 4 is 21.7 Å². The minimum Gasteiger partial charge on any atom is -0.486 e. The Labute approximate surface area is 152 Å². The predicted molar refractivity (Wildman–Crippen MR) is 95.0 cm³/mol. The molecule has 7 nitrogen and oxygen atoms in total. The molecule has 0 saturated heterocycles. The zero-order valence-electron chi connectivity index (χ0n) is 14.3. The quantitative estimate of drug-likeness (QED) is 0.718. The summed E-state index contributed by atoms with van der Waals surface area (Å²) in [5.41, 5.74) is 0.371. The molecule has 2 aromatic rings. The van der Waals surface area contributed by atoms with Gasteiger partial charge in [0.2, 0.25) is 0 Å². The third-order valence-electron chi connectivity index (χ3n) is 3.72. The fraction of sp³-hybridized carbons (Fsp3) is 0.278. The Morgan fingerprint density at radius 1 is 1.08 bits per heavy atom. The lowest BCUT2D eigenvalue weighted by atomic mass is 10.3. The average Bonchev–Trinajstić information content (AvgIpc) is 2.66. The maximum atomic E-state index is 13.2. The molecule has 0 amide bonds. The highest BCUT2D eigenvalue weighted by Crippen LogP contribution is 2.34. The monoisotopic (exact) mass is 377 g/mol. The molecule has 0 unspecified atom stereocenters. The van der Waals surface area contributed by atoms with Crippen LogP contribution in [0.5, 0.6) is 11.5 Å². The van der Waals surface area contributed by atoms with E-state index in [0.717, 1.165) is 4.31 Å². The van der Waals surface area contributed by atoms with Crippen LogP contribution < -0.4 is 13.8 Å². The van der Waals surface area contributed by atoms with Gasteiger partial charge in [0, 0.05) is 6.07 Å². The van der Waals surface area contributed by atoms with Crippen molar-refractivity contribution < 1.29 is 27.4 Å². The van der Waals surface area contributed by atoms with E-state index in [-0.39, 0.29) is 11.5 Å². The Morgan fingerprint density at radius 2 is 1.77 bits per heavy atom. The summed E-state index contributed by atoms with van der Waals surface area (Å²) in [6.07, 6.45) is 0. The number of fused-ring (bicyclic) bond motifs is 1. The van der Waals surface area contributed by atoms with Crippen molar-refractivity contribution in [1.82, 2.24) is 0 Å². The van der Waals surface area contributed by atoms with Gasteiger partial charge < -0.3 is 14.2 Å². The van der Waals surface area contributed by atoms with Gasteiger partial charge in [-0.15, -0.1) is 0 Å². The van der Waals surface area contributed by atoms with Crippen molar-refractivity contribution in [3.05, 3.63) is 48.5 Å². The zero-order valence-corrected chi connectivity index (χ0v) is 15.1. The van der Waals surface area contributed by atoms with E-state index in [1.165, 1.54) is 12.1 Å². The highest BCUT2D eigenvalue weighted by atomic mass is 32.2. The van der Waals surface area contributed by atoms with Crippen molar-refractivity contribution in [3.8, 4) is 11.5 Å². The number of carbonyl (C=O) groups excluding carboxylic acids is 1. The Hall–Kier alpha value is -2.74. The number of nitrogens with zero attached hydrogens (tertiary/aromatic N) is 1. The Kier molecular flexibility index (Phi) is 5.32. The van der Waals surface area contributed by atoms with Crippen LogP contribution in [0.1, 0.15) is 6.92 Å². The molecule has 2 aromatic carbocycles. The first-order chi connectivity index (χ1) is 12.5. The van der Waals surface area contributed by atoms with Crippen LogP contribution >= 0.6 is 0 Å². The summed E-state index contributed by atoms with van der Waals surface area (Å²) in [7, 11) is -4.00. The van der Waals surface area contributed by atoms with E-state index >= 15 is 0 Å². The lowest BCUT2D eigenvalue weighted by Crippen LogP contribution is -2.36. The molecule has 1 aliphatic heterocycles. The summed E-state index contributed by atoms with van der Waals surface area (Å²) in [5.74, 6) is 0.228. The van der Waals surface area contributed by atoms with Gasteiger partial charge in [-0.05, 0) is 31.2 Å². The Morgan fingerprint density at radius 3 is 2.46 bits per heavy atom. The molecule has 1 aliphatic rings. The molecule has 0 atom stereocenters. The third kappa shape index (κ3) is 3.75.